The van der Waals surface area contributed by atoms with Gasteiger partial charge in [-0.15, -0.1) is 0 Å². The smallest absolute Gasteiger partial charge is 0.335 e. The summed E-state index contributed by atoms with van der Waals surface area (Å²) in [6, 6.07) is 24.0. The molecule has 5 rings (SSSR count). The molecule has 1 fully saturated rings. The average Bonchev–Trinajstić information content (AvgIpc) is 3.45. The molecule has 7 heteroatoms. The normalized spacial score (nSPS) is 17.7. The van der Waals surface area contributed by atoms with Crippen LogP contribution in [0.25, 0.3) is 11.3 Å². The van der Waals surface area contributed by atoms with Gasteiger partial charge in [0.15, 0.2) is 5.11 Å². The number of nitrogens with one attached hydrogen (secondary N) is 1. The number of benzene rings is 2. The fourth-order valence-corrected chi connectivity index (χ4v) is 4.42. The highest BCUT2D eigenvalue weighted by Crippen LogP contribution is 2.42. The molecule has 0 radical (unpaired) electrons. The number of aromatic nitrogens is 1. The van der Waals surface area contributed by atoms with Crippen LogP contribution in [0.15, 0.2) is 89.5 Å². The molecule has 2 aromatic carbocycles. The summed E-state index contributed by atoms with van der Waals surface area (Å²) in [6.45, 7) is 2.05. The van der Waals surface area contributed by atoms with Gasteiger partial charge in [-0.2, -0.15) is 0 Å². The summed E-state index contributed by atoms with van der Waals surface area (Å²) in [6.07, 6.45) is 1.77. The lowest BCUT2D eigenvalue weighted by atomic mass is 10.0. The van der Waals surface area contributed by atoms with Crippen molar-refractivity contribution in [2.24, 2.45) is 0 Å². The summed E-state index contributed by atoms with van der Waals surface area (Å²) >= 11 is 5.74. The van der Waals surface area contributed by atoms with Gasteiger partial charge >= 0.3 is 5.97 Å². The van der Waals surface area contributed by atoms with Gasteiger partial charge in [0, 0.05) is 17.4 Å². The predicted octanol–water partition coefficient (Wildman–Crippen LogP) is 5.53. The van der Waals surface area contributed by atoms with Crippen LogP contribution in [-0.4, -0.2) is 21.2 Å². The molecule has 0 saturated carbocycles. The van der Waals surface area contributed by atoms with E-state index in [4.69, 9.17) is 21.7 Å². The van der Waals surface area contributed by atoms with Crippen molar-refractivity contribution in [3.05, 3.63) is 108 Å². The van der Waals surface area contributed by atoms with Gasteiger partial charge in [0.05, 0.1) is 17.3 Å². The molecule has 6 nitrogen and oxygen atoms in total. The number of carboxylic acid groups (broad SMARTS) is 1. The third kappa shape index (κ3) is 3.99. The lowest BCUT2D eigenvalue weighted by Crippen LogP contribution is -2.29. The number of thiocarbonyl (C=S) groups is 1. The van der Waals surface area contributed by atoms with Crippen molar-refractivity contribution < 1.29 is 14.3 Å². The van der Waals surface area contributed by atoms with Gasteiger partial charge in [0.2, 0.25) is 0 Å². The number of nitrogens with zero attached hydrogens (tertiary/aromatic N) is 2. The first-order chi connectivity index (χ1) is 16.0. The molecule has 1 aliphatic rings. The zero-order valence-electron chi connectivity index (χ0n) is 17.8. The topological polar surface area (TPSA) is 78.6 Å². The summed E-state index contributed by atoms with van der Waals surface area (Å²) in [7, 11) is 0. The van der Waals surface area contributed by atoms with Gasteiger partial charge < -0.3 is 19.7 Å². The van der Waals surface area contributed by atoms with Crippen molar-refractivity contribution in [1.82, 2.24) is 10.3 Å². The second-order valence-corrected chi connectivity index (χ2v) is 8.30. The largest absolute Gasteiger partial charge is 0.478 e. The molecule has 33 heavy (non-hydrogen) atoms. The Bertz CT molecular complexity index is 1300. The van der Waals surface area contributed by atoms with Gasteiger partial charge in [-0.1, -0.05) is 35.9 Å². The highest BCUT2D eigenvalue weighted by Gasteiger charge is 2.42. The predicted molar refractivity (Wildman–Crippen MR) is 130 cm³/mol. The first kappa shape index (κ1) is 20.9. The van der Waals surface area contributed by atoms with Crippen molar-refractivity contribution in [3.8, 4) is 11.3 Å². The highest BCUT2D eigenvalue weighted by atomic mass is 32.1. The van der Waals surface area contributed by atoms with Crippen molar-refractivity contribution in [2.75, 3.05) is 4.90 Å². The standard InChI is InChI=1S/C26H21N3O3S/c1-16-5-11-19(12-6-16)29-24(23(28-26(29)33)20-4-2-3-15-27-20)22-14-13-21(32-22)17-7-9-18(10-8-17)25(30)31/h2-15,23-24H,1H3,(H,28,33)(H,30,31). The lowest BCUT2D eigenvalue weighted by Gasteiger charge is -2.26. The Kier molecular flexibility index (Phi) is 5.40. The van der Waals surface area contributed by atoms with Gasteiger partial charge in [0.1, 0.15) is 17.6 Å². The maximum atomic E-state index is 11.2. The van der Waals surface area contributed by atoms with Crippen LogP contribution < -0.4 is 10.2 Å². The number of furan rings is 1. The van der Waals surface area contributed by atoms with Crippen LogP contribution in [0.4, 0.5) is 5.69 Å². The Morgan fingerprint density at radius 1 is 1.03 bits per heavy atom. The molecule has 2 N–H and O–H groups in total. The van der Waals surface area contributed by atoms with Gasteiger partial charge in [-0.25, -0.2) is 4.79 Å². The molecule has 0 amide bonds. The first-order valence-electron chi connectivity index (χ1n) is 10.5. The zero-order chi connectivity index (χ0) is 22.9. The second-order valence-electron chi connectivity index (χ2n) is 7.92. The third-order valence-corrected chi connectivity index (χ3v) is 6.06. The highest BCUT2D eigenvalue weighted by molar-refractivity contribution is 7.80. The molecule has 2 unspecified atom stereocenters. The number of carboxylic acids is 1. The van der Waals surface area contributed by atoms with Gasteiger partial charge in [0.25, 0.3) is 0 Å². The molecule has 0 aliphatic carbocycles. The Balaban J connectivity index is 1.56. The Hall–Kier alpha value is -3.97. The van der Waals surface area contributed by atoms with E-state index in [1.54, 1.807) is 30.5 Å². The van der Waals surface area contributed by atoms with Crippen LogP contribution in [0.2, 0.25) is 0 Å². The Morgan fingerprint density at radius 2 is 1.79 bits per heavy atom. The van der Waals surface area contributed by atoms with Crippen molar-refractivity contribution in [3.63, 3.8) is 0 Å². The molecule has 164 valence electrons. The number of carbonyl (C=O) groups is 1. The van der Waals surface area contributed by atoms with E-state index >= 15 is 0 Å². The number of hydrogen-bond acceptors (Lipinski definition) is 4. The summed E-state index contributed by atoms with van der Waals surface area (Å²) in [5.74, 6) is 0.429. The van der Waals surface area contributed by atoms with E-state index in [1.165, 1.54) is 5.56 Å². The molecule has 2 aromatic heterocycles. The number of pyridine rings is 1. The number of rotatable bonds is 5. The van der Waals surface area contributed by atoms with Crippen molar-refractivity contribution in [1.29, 1.82) is 0 Å². The molecule has 0 spiro atoms. The minimum atomic E-state index is -0.959. The van der Waals surface area contributed by atoms with E-state index in [1.807, 2.05) is 49.4 Å². The molecule has 1 aliphatic heterocycles. The van der Waals surface area contributed by atoms with E-state index in [0.29, 0.717) is 10.9 Å². The third-order valence-electron chi connectivity index (χ3n) is 5.74. The van der Waals surface area contributed by atoms with E-state index in [9.17, 15) is 4.79 Å². The van der Waals surface area contributed by atoms with Crippen LogP contribution in [0.5, 0.6) is 0 Å². The molecule has 2 atom stereocenters. The van der Waals surface area contributed by atoms with E-state index < -0.39 is 5.97 Å². The van der Waals surface area contributed by atoms with Crippen LogP contribution in [-0.2, 0) is 0 Å². The maximum absolute atomic E-state index is 11.2. The summed E-state index contributed by atoms with van der Waals surface area (Å²) in [5, 5.41) is 13.2. The fraction of sp³-hybridized carbons (Fsp3) is 0.115. The fourth-order valence-electron chi connectivity index (χ4n) is 4.07. The van der Waals surface area contributed by atoms with Crippen LogP contribution in [0.1, 0.15) is 39.5 Å². The minimum Gasteiger partial charge on any atom is -0.478 e. The molecule has 0 bridgehead atoms. The van der Waals surface area contributed by atoms with Crippen molar-refractivity contribution >= 4 is 29.0 Å². The molecular formula is C26H21N3O3S. The SMILES string of the molecule is Cc1ccc(N2C(=S)NC(c3ccccn3)C2c2ccc(-c3ccc(C(=O)O)cc3)o2)cc1. The van der Waals surface area contributed by atoms with E-state index in [2.05, 4.69) is 27.3 Å². The molecular weight excluding hydrogens is 434 g/mol. The monoisotopic (exact) mass is 455 g/mol. The number of anilines is 1. The maximum Gasteiger partial charge on any atom is 0.335 e. The lowest BCUT2D eigenvalue weighted by molar-refractivity contribution is 0.0697. The molecule has 4 aromatic rings. The van der Waals surface area contributed by atoms with Crippen LogP contribution >= 0.6 is 12.2 Å². The van der Waals surface area contributed by atoms with Gasteiger partial charge in [-0.05, 0) is 67.7 Å². The van der Waals surface area contributed by atoms with E-state index in [-0.39, 0.29) is 17.6 Å². The van der Waals surface area contributed by atoms with E-state index in [0.717, 1.165) is 22.7 Å². The Morgan fingerprint density at radius 3 is 2.45 bits per heavy atom. The quantitative estimate of drug-likeness (QED) is 0.383. The molecule has 1 saturated heterocycles. The molecule has 3 heterocycles. The summed E-state index contributed by atoms with van der Waals surface area (Å²) in [5.41, 5.74) is 4.03. The number of hydrogen-bond donors (Lipinski definition) is 2. The van der Waals surface area contributed by atoms with Crippen LogP contribution in [0, 0.1) is 6.92 Å². The van der Waals surface area contributed by atoms with Crippen LogP contribution in [0.3, 0.4) is 0 Å². The second kappa shape index (κ2) is 8.52. The first-order valence-corrected chi connectivity index (χ1v) is 10.9. The Labute approximate surface area is 196 Å². The minimum absolute atomic E-state index is 0.201. The zero-order valence-corrected chi connectivity index (χ0v) is 18.6. The van der Waals surface area contributed by atoms with Crippen molar-refractivity contribution in [2.45, 2.75) is 19.0 Å². The summed E-state index contributed by atoms with van der Waals surface area (Å²) < 4.78 is 6.31. The number of aryl methyl sites for hydroxylation is 1. The van der Waals surface area contributed by atoms with Gasteiger partial charge in [-0.3, -0.25) is 4.98 Å². The summed E-state index contributed by atoms with van der Waals surface area (Å²) in [4.78, 5) is 17.8. The number of aromatic carboxylic acids is 1. The average molecular weight is 456 g/mol.